The third kappa shape index (κ3) is 16.5. The second-order valence-corrected chi connectivity index (χ2v) is 12.5. The van der Waals surface area contributed by atoms with Crippen LogP contribution in [0.3, 0.4) is 0 Å². The SMILES string of the molecule is CCCCCCCCCCOCC(CCCCCCOCCCCC)(CN1CCCC1)CN1CCCC1. The van der Waals surface area contributed by atoms with Gasteiger partial charge in [-0.3, -0.25) is 0 Å². The van der Waals surface area contributed by atoms with Crippen molar-refractivity contribution in [2.24, 2.45) is 5.41 Å². The number of hydrogen-bond acceptors (Lipinski definition) is 4. The van der Waals surface area contributed by atoms with Gasteiger partial charge in [-0.05, 0) is 77.5 Å². The fraction of sp³-hybridized carbons (Fsp3) is 1.00. The molecule has 0 saturated carbocycles. The van der Waals surface area contributed by atoms with Crippen LogP contribution >= 0.6 is 0 Å². The first-order valence-corrected chi connectivity index (χ1v) is 16.9. The van der Waals surface area contributed by atoms with Gasteiger partial charge in [0.25, 0.3) is 0 Å². The smallest absolute Gasteiger partial charge is 0.0546 e. The molecular weight excluding hydrogens is 456 g/mol. The highest BCUT2D eigenvalue weighted by atomic mass is 16.5. The molecule has 220 valence electrons. The van der Waals surface area contributed by atoms with Crippen molar-refractivity contribution in [3.63, 3.8) is 0 Å². The monoisotopic (exact) mass is 523 g/mol. The van der Waals surface area contributed by atoms with Crippen molar-refractivity contribution < 1.29 is 9.47 Å². The summed E-state index contributed by atoms with van der Waals surface area (Å²) in [7, 11) is 0. The van der Waals surface area contributed by atoms with E-state index in [2.05, 4.69) is 23.6 Å². The van der Waals surface area contributed by atoms with Crippen LogP contribution in [0.15, 0.2) is 0 Å². The highest BCUT2D eigenvalue weighted by molar-refractivity contribution is 4.89. The van der Waals surface area contributed by atoms with Crippen LogP contribution in [0.25, 0.3) is 0 Å². The van der Waals surface area contributed by atoms with Crippen LogP contribution in [0, 0.1) is 5.41 Å². The van der Waals surface area contributed by atoms with Crippen molar-refractivity contribution in [1.82, 2.24) is 9.80 Å². The zero-order valence-corrected chi connectivity index (χ0v) is 25.4. The quantitative estimate of drug-likeness (QED) is 0.106. The van der Waals surface area contributed by atoms with E-state index in [1.54, 1.807) is 0 Å². The Balaban J connectivity index is 1.75. The molecule has 0 unspecified atom stereocenters. The molecule has 2 aliphatic heterocycles. The molecule has 4 heteroatoms. The van der Waals surface area contributed by atoms with Crippen LogP contribution in [-0.2, 0) is 9.47 Å². The predicted octanol–water partition coefficient (Wildman–Crippen LogP) is 8.48. The van der Waals surface area contributed by atoms with Gasteiger partial charge in [-0.1, -0.05) is 90.9 Å². The minimum atomic E-state index is 0.311. The molecule has 0 aromatic rings. The van der Waals surface area contributed by atoms with E-state index in [0.717, 1.165) is 26.4 Å². The maximum Gasteiger partial charge on any atom is 0.0546 e. The summed E-state index contributed by atoms with van der Waals surface area (Å²) in [5.41, 5.74) is 0.311. The Morgan fingerprint density at radius 1 is 0.486 bits per heavy atom. The fourth-order valence-electron chi connectivity index (χ4n) is 6.44. The van der Waals surface area contributed by atoms with Crippen molar-refractivity contribution in [2.75, 3.05) is 65.7 Å². The summed E-state index contributed by atoms with van der Waals surface area (Å²) >= 11 is 0. The molecule has 2 aliphatic rings. The van der Waals surface area contributed by atoms with E-state index in [4.69, 9.17) is 9.47 Å². The third-order valence-electron chi connectivity index (χ3n) is 8.70. The number of nitrogens with zero attached hydrogens (tertiary/aromatic N) is 2. The first-order chi connectivity index (χ1) is 18.3. The molecule has 2 fully saturated rings. The number of likely N-dealkylation sites (tertiary alicyclic amines) is 2. The van der Waals surface area contributed by atoms with Gasteiger partial charge in [0.05, 0.1) is 6.61 Å². The molecule has 0 spiro atoms. The topological polar surface area (TPSA) is 24.9 Å². The molecule has 2 saturated heterocycles. The summed E-state index contributed by atoms with van der Waals surface area (Å²) in [6.45, 7) is 16.1. The summed E-state index contributed by atoms with van der Waals surface area (Å²) in [5, 5.41) is 0. The lowest BCUT2D eigenvalue weighted by Gasteiger charge is -2.40. The van der Waals surface area contributed by atoms with Gasteiger partial charge in [-0.15, -0.1) is 0 Å². The molecule has 0 amide bonds. The Morgan fingerprint density at radius 3 is 1.43 bits per heavy atom. The van der Waals surface area contributed by atoms with Crippen molar-refractivity contribution in [3.05, 3.63) is 0 Å². The van der Waals surface area contributed by atoms with Gasteiger partial charge < -0.3 is 19.3 Å². The van der Waals surface area contributed by atoms with Crippen molar-refractivity contribution >= 4 is 0 Å². The highest BCUT2D eigenvalue weighted by Gasteiger charge is 2.35. The lowest BCUT2D eigenvalue weighted by atomic mass is 9.81. The van der Waals surface area contributed by atoms with E-state index in [9.17, 15) is 0 Å². The lowest BCUT2D eigenvalue weighted by molar-refractivity contribution is -0.00383. The standard InChI is InChI=1S/C33H66N2O2/c1-3-5-7-8-9-10-12-21-29-37-32-33(30-34-23-15-16-24-34,31-35-25-17-18-26-35)22-14-11-13-20-28-36-27-19-6-4-2/h3-32H2,1-2H3. The van der Waals surface area contributed by atoms with Crippen LogP contribution in [0.1, 0.15) is 142 Å². The first kappa shape index (κ1) is 33.0. The molecule has 0 aliphatic carbocycles. The predicted molar refractivity (Wildman–Crippen MR) is 161 cm³/mol. The van der Waals surface area contributed by atoms with E-state index < -0.39 is 0 Å². The van der Waals surface area contributed by atoms with Gasteiger partial charge >= 0.3 is 0 Å². The molecule has 0 N–H and O–H groups in total. The van der Waals surface area contributed by atoms with E-state index in [1.165, 1.54) is 168 Å². The average molecular weight is 523 g/mol. The summed E-state index contributed by atoms with van der Waals surface area (Å²) in [5.74, 6) is 0. The first-order valence-electron chi connectivity index (χ1n) is 16.9. The maximum absolute atomic E-state index is 6.53. The Kier molecular flexibility index (Phi) is 20.2. The third-order valence-corrected chi connectivity index (χ3v) is 8.70. The van der Waals surface area contributed by atoms with Crippen LogP contribution in [0.5, 0.6) is 0 Å². The lowest BCUT2D eigenvalue weighted by Crippen LogP contribution is -2.47. The number of unbranched alkanes of at least 4 members (excludes halogenated alkanes) is 12. The molecule has 0 aromatic heterocycles. The number of rotatable bonds is 26. The molecule has 0 radical (unpaired) electrons. The molecule has 0 bridgehead atoms. The Labute approximate surface area is 232 Å². The molecule has 2 heterocycles. The van der Waals surface area contributed by atoms with E-state index >= 15 is 0 Å². The molecule has 37 heavy (non-hydrogen) atoms. The van der Waals surface area contributed by atoms with Crippen LogP contribution in [0.4, 0.5) is 0 Å². The normalized spacial score (nSPS) is 17.4. The van der Waals surface area contributed by atoms with Gasteiger partial charge in [0.1, 0.15) is 0 Å². The van der Waals surface area contributed by atoms with Crippen LogP contribution in [-0.4, -0.2) is 75.5 Å². The zero-order valence-electron chi connectivity index (χ0n) is 25.4. The van der Waals surface area contributed by atoms with Crippen LogP contribution < -0.4 is 0 Å². The van der Waals surface area contributed by atoms with Gasteiger partial charge in [-0.25, -0.2) is 0 Å². The summed E-state index contributed by atoms with van der Waals surface area (Å²) in [6, 6.07) is 0. The van der Waals surface area contributed by atoms with E-state index in [-0.39, 0.29) is 0 Å². The van der Waals surface area contributed by atoms with Gasteiger partial charge in [0.15, 0.2) is 0 Å². The van der Waals surface area contributed by atoms with Crippen molar-refractivity contribution in [3.8, 4) is 0 Å². The second-order valence-electron chi connectivity index (χ2n) is 12.5. The van der Waals surface area contributed by atoms with Gasteiger partial charge in [-0.2, -0.15) is 0 Å². The van der Waals surface area contributed by atoms with Crippen molar-refractivity contribution in [1.29, 1.82) is 0 Å². The molecule has 4 nitrogen and oxygen atoms in total. The van der Waals surface area contributed by atoms with E-state index in [0.29, 0.717) is 5.41 Å². The maximum atomic E-state index is 6.53. The minimum Gasteiger partial charge on any atom is -0.381 e. The Morgan fingerprint density at radius 2 is 0.892 bits per heavy atom. The van der Waals surface area contributed by atoms with Crippen LogP contribution in [0.2, 0.25) is 0 Å². The zero-order chi connectivity index (χ0) is 26.3. The van der Waals surface area contributed by atoms with E-state index in [1.807, 2.05) is 0 Å². The van der Waals surface area contributed by atoms with Gasteiger partial charge in [0, 0.05) is 38.3 Å². The largest absolute Gasteiger partial charge is 0.381 e. The average Bonchev–Trinajstić information content (AvgIpc) is 3.61. The van der Waals surface area contributed by atoms with Gasteiger partial charge in [0.2, 0.25) is 0 Å². The molecular formula is C33H66N2O2. The fourth-order valence-corrected chi connectivity index (χ4v) is 6.44. The summed E-state index contributed by atoms with van der Waals surface area (Å²) in [4.78, 5) is 5.53. The molecule has 0 atom stereocenters. The molecule has 2 rings (SSSR count). The number of hydrogen-bond donors (Lipinski definition) is 0. The minimum absolute atomic E-state index is 0.311. The molecule has 0 aromatic carbocycles. The highest BCUT2D eigenvalue weighted by Crippen LogP contribution is 2.32. The number of ether oxygens (including phenoxy) is 2. The second kappa shape index (κ2) is 22.6. The summed E-state index contributed by atoms with van der Waals surface area (Å²) < 4.78 is 12.4. The Bertz CT molecular complexity index is 445. The van der Waals surface area contributed by atoms with Crippen molar-refractivity contribution in [2.45, 2.75) is 142 Å². The Hall–Kier alpha value is -0.160. The summed E-state index contributed by atoms with van der Waals surface area (Å²) in [6.07, 6.45) is 26.9.